The first kappa shape index (κ1) is 18.0. The van der Waals surface area contributed by atoms with Crippen molar-refractivity contribution in [2.45, 2.75) is 38.3 Å². The van der Waals surface area contributed by atoms with E-state index in [9.17, 15) is 22.8 Å². The van der Waals surface area contributed by atoms with Gasteiger partial charge in [-0.1, -0.05) is 25.1 Å². The lowest BCUT2D eigenvalue weighted by Crippen LogP contribution is -2.26. The van der Waals surface area contributed by atoms with Crippen LogP contribution in [0.4, 0.5) is 13.2 Å². The Hall–Kier alpha value is -2.05. The van der Waals surface area contributed by atoms with Crippen LogP contribution in [0.15, 0.2) is 24.3 Å². The predicted molar refractivity (Wildman–Crippen MR) is 74.4 cm³/mol. The maximum Gasteiger partial charge on any atom is 0.416 e. The molecule has 1 atom stereocenters. The molecule has 0 aliphatic carbocycles. The molecule has 0 saturated carbocycles. The van der Waals surface area contributed by atoms with Gasteiger partial charge in [-0.3, -0.25) is 9.59 Å². The Morgan fingerprint density at radius 3 is 2.50 bits per heavy atom. The van der Waals surface area contributed by atoms with E-state index in [-0.39, 0.29) is 31.4 Å². The van der Waals surface area contributed by atoms with Crippen molar-refractivity contribution in [2.24, 2.45) is 0 Å². The fourth-order valence-electron chi connectivity index (χ4n) is 2.11. The van der Waals surface area contributed by atoms with E-state index in [2.05, 4.69) is 5.32 Å². The van der Waals surface area contributed by atoms with E-state index in [1.807, 2.05) is 0 Å². The highest BCUT2D eigenvalue weighted by Gasteiger charge is 2.34. The summed E-state index contributed by atoms with van der Waals surface area (Å²) in [4.78, 5) is 22.0. The number of alkyl halides is 3. The van der Waals surface area contributed by atoms with E-state index >= 15 is 0 Å². The largest absolute Gasteiger partial charge is 0.481 e. The number of nitrogens with one attached hydrogen (secondary N) is 1. The molecule has 0 aliphatic rings. The number of carbonyl (C=O) groups excluding carboxylic acids is 1. The van der Waals surface area contributed by atoms with E-state index < -0.39 is 29.5 Å². The molecular formula is C15H18F3NO3. The molecule has 1 aromatic rings. The Labute approximate surface area is 126 Å². The van der Waals surface area contributed by atoms with Crippen molar-refractivity contribution < 1.29 is 27.9 Å². The maximum atomic E-state index is 12.9. The monoisotopic (exact) mass is 317 g/mol. The summed E-state index contributed by atoms with van der Waals surface area (Å²) in [5.74, 6) is -1.94. The lowest BCUT2D eigenvalue weighted by Gasteiger charge is -2.18. The molecule has 122 valence electrons. The lowest BCUT2D eigenvalue weighted by molar-refractivity contribution is -0.138. The fraction of sp³-hybridized carbons (Fsp3) is 0.467. The van der Waals surface area contributed by atoms with Gasteiger partial charge in [0.2, 0.25) is 5.91 Å². The van der Waals surface area contributed by atoms with Crippen LogP contribution < -0.4 is 5.32 Å². The van der Waals surface area contributed by atoms with Gasteiger partial charge in [0.1, 0.15) is 0 Å². The zero-order valence-electron chi connectivity index (χ0n) is 12.1. The van der Waals surface area contributed by atoms with Crippen LogP contribution in [0.25, 0.3) is 0 Å². The van der Waals surface area contributed by atoms with Gasteiger partial charge in [0.15, 0.2) is 0 Å². The molecule has 4 nitrogen and oxygen atoms in total. The molecule has 22 heavy (non-hydrogen) atoms. The Bertz CT molecular complexity index is 529. The van der Waals surface area contributed by atoms with Crippen LogP contribution in [0.5, 0.6) is 0 Å². The highest BCUT2D eigenvalue weighted by molar-refractivity contribution is 5.77. The van der Waals surface area contributed by atoms with Crippen molar-refractivity contribution in [3.05, 3.63) is 35.4 Å². The number of hydrogen-bond donors (Lipinski definition) is 2. The average molecular weight is 317 g/mol. The minimum absolute atomic E-state index is 0.0628. The van der Waals surface area contributed by atoms with Gasteiger partial charge in [-0.15, -0.1) is 0 Å². The van der Waals surface area contributed by atoms with Crippen molar-refractivity contribution in [3.8, 4) is 0 Å². The van der Waals surface area contributed by atoms with Crippen LogP contribution in [-0.4, -0.2) is 23.5 Å². The van der Waals surface area contributed by atoms with Gasteiger partial charge in [0.25, 0.3) is 0 Å². The second kappa shape index (κ2) is 7.82. The van der Waals surface area contributed by atoms with Gasteiger partial charge in [-0.2, -0.15) is 13.2 Å². The molecule has 1 rings (SSSR count). The van der Waals surface area contributed by atoms with Gasteiger partial charge < -0.3 is 10.4 Å². The molecule has 0 radical (unpaired) electrons. The van der Waals surface area contributed by atoms with E-state index in [1.165, 1.54) is 18.2 Å². The zero-order valence-corrected chi connectivity index (χ0v) is 12.1. The molecule has 0 saturated heterocycles. The maximum absolute atomic E-state index is 12.9. The Morgan fingerprint density at radius 2 is 1.91 bits per heavy atom. The number of benzene rings is 1. The Balaban J connectivity index is 2.60. The van der Waals surface area contributed by atoms with Crippen LogP contribution in [0.2, 0.25) is 0 Å². The second-order valence-electron chi connectivity index (χ2n) is 5.04. The topological polar surface area (TPSA) is 66.4 Å². The SMILES string of the molecule is CC(CC(=O)NCCCC(=O)O)c1ccccc1C(F)(F)F. The molecule has 0 bridgehead atoms. The normalized spacial score (nSPS) is 12.7. The van der Waals surface area contributed by atoms with Crippen LogP contribution in [-0.2, 0) is 15.8 Å². The van der Waals surface area contributed by atoms with Crippen molar-refractivity contribution in [3.63, 3.8) is 0 Å². The summed E-state index contributed by atoms with van der Waals surface area (Å²) in [7, 11) is 0. The quantitative estimate of drug-likeness (QED) is 0.759. The minimum atomic E-state index is -4.46. The second-order valence-corrected chi connectivity index (χ2v) is 5.04. The summed E-state index contributed by atoms with van der Waals surface area (Å²) in [5.41, 5.74) is -0.656. The first-order chi connectivity index (χ1) is 10.2. The van der Waals surface area contributed by atoms with Crippen LogP contribution in [0.3, 0.4) is 0 Å². The molecule has 1 aromatic carbocycles. The number of rotatable bonds is 7. The number of hydrogen-bond acceptors (Lipinski definition) is 2. The van der Waals surface area contributed by atoms with E-state index in [0.717, 1.165) is 6.07 Å². The molecule has 0 aliphatic heterocycles. The summed E-state index contributed by atoms with van der Waals surface area (Å²) >= 11 is 0. The summed E-state index contributed by atoms with van der Waals surface area (Å²) in [6.45, 7) is 1.75. The molecule has 0 heterocycles. The first-order valence-electron chi connectivity index (χ1n) is 6.86. The van der Waals surface area contributed by atoms with Crippen LogP contribution in [0.1, 0.15) is 43.2 Å². The summed E-state index contributed by atoms with van der Waals surface area (Å²) in [6.07, 6.45) is -4.32. The summed E-state index contributed by atoms with van der Waals surface area (Å²) in [6, 6.07) is 5.18. The number of carbonyl (C=O) groups is 2. The third-order valence-electron chi connectivity index (χ3n) is 3.18. The van der Waals surface area contributed by atoms with Gasteiger partial charge in [-0.25, -0.2) is 0 Å². The molecule has 0 fully saturated rings. The summed E-state index contributed by atoms with van der Waals surface area (Å²) in [5, 5.41) is 11.0. The zero-order chi connectivity index (χ0) is 16.8. The number of halogens is 3. The lowest BCUT2D eigenvalue weighted by atomic mass is 9.92. The third-order valence-corrected chi connectivity index (χ3v) is 3.18. The van der Waals surface area contributed by atoms with E-state index in [0.29, 0.717) is 0 Å². The minimum Gasteiger partial charge on any atom is -0.481 e. The van der Waals surface area contributed by atoms with Gasteiger partial charge >= 0.3 is 12.1 Å². The van der Waals surface area contributed by atoms with Gasteiger partial charge in [0.05, 0.1) is 5.56 Å². The number of aliphatic carboxylic acids is 1. The highest BCUT2D eigenvalue weighted by Crippen LogP contribution is 2.35. The van der Waals surface area contributed by atoms with Crippen molar-refractivity contribution in [1.29, 1.82) is 0 Å². The standard InChI is InChI=1S/C15H18F3NO3/c1-10(9-13(20)19-8-4-7-14(21)22)11-5-2-3-6-12(11)15(16,17)18/h2-3,5-6,10H,4,7-9H2,1H3,(H,19,20)(H,21,22). The van der Waals surface area contributed by atoms with Crippen molar-refractivity contribution in [2.75, 3.05) is 6.54 Å². The smallest absolute Gasteiger partial charge is 0.416 e. The first-order valence-corrected chi connectivity index (χ1v) is 6.86. The molecule has 1 amide bonds. The average Bonchev–Trinajstić information content (AvgIpc) is 2.42. The van der Waals surface area contributed by atoms with Gasteiger partial charge in [-0.05, 0) is 24.0 Å². The molecule has 1 unspecified atom stereocenters. The van der Waals surface area contributed by atoms with Crippen LogP contribution in [0, 0.1) is 0 Å². The number of carboxylic acids is 1. The Morgan fingerprint density at radius 1 is 1.27 bits per heavy atom. The highest BCUT2D eigenvalue weighted by atomic mass is 19.4. The molecular weight excluding hydrogens is 299 g/mol. The van der Waals surface area contributed by atoms with Crippen LogP contribution >= 0.6 is 0 Å². The number of amides is 1. The summed E-state index contributed by atoms with van der Waals surface area (Å²) < 4.78 is 38.7. The number of carboxylic acid groups (broad SMARTS) is 1. The molecule has 7 heteroatoms. The molecule has 0 spiro atoms. The third kappa shape index (κ3) is 5.75. The van der Waals surface area contributed by atoms with Crippen molar-refractivity contribution >= 4 is 11.9 Å². The fourth-order valence-corrected chi connectivity index (χ4v) is 2.11. The molecule has 2 N–H and O–H groups in total. The molecule has 0 aromatic heterocycles. The predicted octanol–water partition coefficient (Wildman–Crippen LogP) is 3.18. The van der Waals surface area contributed by atoms with E-state index in [4.69, 9.17) is 5.11 Å². The van der Waals surface area contributed by atoms with Crippen molar-refractivity contribution in [1.82, 2.24) is 5.32 Å². The Kier molecular flexibility index (Phi) is 6.39. The van der Waals surface area contributed by atoms with Gasteiger partial charge in [0, 0.05) is 19.4 Å². The van der Waals surface area contributed by atoms with E-state index in [1.54, 1.807) is 6.92 Å².